The summed E-state index contributed by atoms with van der Waals surface area (Å²) < 4.78 is 0. The van der Waals surface area contributed by atoms with Gasteiger partial charge in [-0.25, -0.2) is 0 Å². The van der Waals surface area contributed by atoms with Gasteiger partial charge in [-0.2, -0.15) is 0 Å². The van der Waals surface area contributed by atoms with E-state index in [1.54, 1.807) is 11.1 Å². The van der Waals surface area contributed by atoms with Gasteiger partial charge in [0.25, 0.3) is 0 Å². The number of nitrogens with one attached hydrogen (secondary N) is 1. The standard InChI is InChI=1S/C19H28N2/c20-19(13-21-18-7-3-4-8-18)16-9-10-17(19)12-15-6-2-1-5-14(15)11-16/h1-2,5-6,16-18,21H,3-4,7-13,20H2. The third-order valence-corrected chi connectivity index (χ3v) is 6.49. The molecule has 3 aliphatic rings. The van der Waals surface area contributed by atoms with Crippen LogP contribution in [0.25, 0.3) is 0 Å². The first-order valence-corrected chi connectivity index (χ1v) is 8.85. The van der Waals surface area contributed by atoms with Crippen LogP contribution in [-0.4, -0.2) is 18.1 Å². The first-order chi connectivity index (χ1) is 10.3. The maximum Gasteiger partial charge on any atom is 0.0344 e. The average Bonchev–Trinajstić information content (AvgIpc) is 3.05. The zero-order valence-corrected chi connectivity index (χ0v) is 13.0. The summed E-state index contributed by atoms with van der Waals surface area (Å²) in [4.78, 5) is 0. The van der Waals surface area contributed by atoms with E-state index in [4.69, 9.17) is 5.73 Å². The molecule has 0 saturated heterocycles. The lowest BCUT2D eigenvalue weighted by atomic mass is 9.79. The summed E-state index contributed by atoms with van der Waals surface area (Å²) in [5, 5.41) is 3.82. The van der Waals surface area contributed by atoms with Gasteiger partial charge < -0.3 is 11.1 Å². The molecule has 3 N–H and O–H groups in total. The Bertz CT molecular complexity index is 471. The van der Waals surface area contributed by atoms with Gasteiger partial charge in [-0.05, 0) is 61.5 Å². The molecule has 1 aromatic carbocycles. The van der Waals surface area contributed by atoms with Gasteiger partial charge in [-0.1, -0.05) is 37.1 Å². The van der Waals surface area contributed by atoms with Gasteiger partial charge >= 0.3 is 0 Å². The van der Waals surface area contributed by atoms with E-state index < -0.39 is 0 Å². The maximum atomic E-state index is 7.00. The SMILES string of the molecule is NC1(CNC2CCCC2)C2CCC1Cc1ccccc1C2. The molecule has 4 rings (SSSR count). The predicted molar refractivity (Wildman–Crippen MR) is 87.2 cm³/mol. The minimum absolute atomic E-state index is 0.0155. The number of nitrogens with two attached hydrogens (primary N) is 1. The summed E-state index contributed by atoms with van der Waals surface area (Å²) >= 11 is 0. The minimum atomic E-state index is 0.0155. The van der Waals surface area contributed by atoms with Crippen molar-refractivity contribution >= 4 is 0 Å². The fourth-order valence-corrected chi connectivity index (χ4v) is 5.08. The van der Waals surface area contributed by atoms with Gasteiger partial charge in [0.05, 0.1) is 0 Å². The van der Waals surface area contributed by atoms with Crippen LogP contribution in [0.4, 0.5) is 0 Å². The largest absolute Gasteiger partial charge is 0.324 e. The smallest absolute Gasteiger partial charge is 0.0344 e. The first-order valence-electron chi connectivity index (χ1n) is 8.85. The van der Waals surface area contributed by atoms with Gasteiger partial charge in [0.1, 0.15) is 0 Å². The second-order valence-electron chi connectivity index (χ2n) is 7.62. The average molecular weight is 284 g/mol. The maximum absolute atomic E-state index is 7.00. The predicted octanol–water partition coefficient (Wildman–Crippen LogP) is 3.04. The lowest BCUT2D eigenvalue weighted by Gasteiger charge is -2.36. The van der Waals surface area contributed by atoms with Crippen LogP contribution in [-0.2, 0) is 12.8 Å². The molecule has 2 bridgehead atoms. The molecule has 0 heterocycles. The molecule has 1 aromatic rings. The van der Waals surface area contributed by atoms with Crippen molar-refractivity contribution in [1.82, 2.24) is 5.32 Å². The highest BCUT2D eigenvalue weighted by atomic mass is 15.0. The monoisotopic (exact) mass is 284 g/mol. The first kappa shape index (κ1) is 13.8. The molecular formula is C19H28N2. The molecule has 2 fully saturated rings. The second kappa shape index (κ2) is 5.40. The summed E-state index contributed by atoms with van der Waals surface area (Å²) in [7, 11) is 0. The van der Waals surface area contributed by atoms with E-state index in [9.17, 15) is 0 Å². The Kier molecular flexibility index (Phi) is 3.55. The normalized spacial score (nSPS) is 35.7. The highest BCUT2D eigenvalue weighted by molar-refractivity contribution is 5.32. The summed E-state index contributed by atoms with van der Waals surface area (Å²) in [6.45, 7) is 1.03. The Hall–Kier alpha value is -0.860. The van der Waals surface area contributed by atoms with Crippen LogP contribution in [0.5, 0.6) is 0 Å². The fraction of sp³-hybridized carbons (Fsp3) is 0.684. The van der Waals surface area contributed by atoms with Crippen molar-refractivity contribution in [2.45, 2.75) is 62.9 Å². The lowest BCUT2D eigenvalue weighted by molar-refractivity contribution is 0.232. The number of benzene rings is 1. The molecule has 2 heteroatoms. The molecule has 0 spiro atoms. The molecular weight excluding hydrogens is 256 g/mol. The summed E-state index contributed by atoms with van der Waals surface area (Å²) in [5.41, 5.74) is 10.1. The van der Waals surface area contributed by atoms with Crippen molar-refractivity contribution in [3.05, 3.63) is 35.4 Å². The van der Waals surface area contributed by atoms with Crippen molar-refractivity contribution < 1.29 is 0 Å². The topological polar surface area (TPSA) is 38.0 Å². The molecule has 2 unspecified atom stereocenters. The Labute approximate surface area is 128 Å². The number of hydrogen-bond donors (Lipinski definition) is 2. The Balaban J connectivity index is 1.53. The minimum Gasteiger partial charge on any atom is -0.324 e. The molecule has 2 atom stereocenters. The Morgan fingerprint density at radius 3 is 2.10 bits per heavy atom. The number of fused-ring (bicyclic) bond motifs is 3. The van der Waals surface area contributed by atoms with E-state index in [0.717, 1.165) is 12.6 Å². The van der Waals surface area contributed by atoms with E-state index in [0.29, 0.717) is 11.8 Å². The van der Waals surface area contributed by atoms with Crippen molar-refractivity contribution in [2.24, 2.45) is 17.6 Å². The van der Waals surface area contributed by atoms with Crippen LogP contribution in [0.2, 0.25) is 0 Å². The van der Waals surface area contributed by atoms with Crippen molar-refractivity contribution in [1.29, 1.82) is 0 Å². The van der Waals surface area contributed by atoms with E-state index >= 15 is 0 Å². The Morgan fingerprint density at radius 2 is 1.52 bits per heavy atom. The molecule has 0 radical (unpaired) electrons. The molecule has 2 nitrogen and oxygen atoms in total. The summed E-state index contributed by atoms with van der Waals surface area (Å²) in [6, 6.07) is 9.75. The van der Waals surface area contributed by atoms with E-state index in [1.165, 1.54) is 51.4 Å². The van der Waals surface area contributed by atoms with Crippen LogP contribution in [0.15, 0.2) is 24.3 Å². The number of hydrogen-bond acceptors (Lipinski definition) is 2. The van der Waals surface area contributed by atoms with E-state index in [1.807, 2.05) is 0 Å². The summed E-state index contributed by atoms with van der Waals surface area (Å²) in [5.74, 6) is 1.33. The van der Waals surface area contributed by atoms with Crippen LogP contribution < -0.4 is 11.1 Å². The number of rotatable bonds is 3. The van der Waals surface area contributed by atoms with Crippen LogP contribution >= 0.6 is 0 Å². The van der Waals surface area contributed by atoms with E-state index in [-0.39, 0.29) is 5.54 Å². The quantitative estimate of drug-likeness (QED) is 0.895. The van der Waals surface area contributed by atoms with Crippen LogP contribution in [0, 0.1) is 11.8 Å². The molecule has 0 aliphatic heterocycles. The van der Waals surface area contributed by atoms with Crippen LogP contribution in [0.3, 0.4) is 0 Å². The molecule has 114 valence electrons. The molecule has 21 heavy (non-hydrogen) atoms. The molecule has 0 aromatic heterocycles. The fourth-order valence-electron chi connectivity index (χ4n) is 5.08. The highest BCUT2D eigenvalue weighted by Crippen LogP contribution is 2.45. The third-order valence-electron chi connectivity index (χ3n) is 6.49. The molecule has 0 amide bonds. The van der Waals surface area contributed by atoms with Crippen LogP contribution in [0.1, 0.15) is 49.7 Å². The van der Waals surface area contributed by atoms with Crippen molar-refractivity contribution in [3.8, 4) is 0 Å². The van der Waals surface area contributed by atoms with Gasteiger partial charge in [0.15, 0.2) is 0 Å². The van der Waals surface area contributed by atoms with Gasteiger partial charge in [-0.3, -0.25) is 0 Å². The van der Waals surface area contributed by atoms with E-state index in [2.05, 4.69) is 29.6 Å². The van der Waals surface area contributed by atoms with Gasteiger partial charge in [-0.15, -0.1) is 0 Å². The molecule has 2 saturated carbocycles. The zero-order valence-electron chi connectivity index (χ0n) is 13.0. The van der Waals surface area contributed by atoms with Crippen molar-refractivity contribution in [3.63, 3.8) is 0 Å². The zero-order chi connectivity index (χ0) is 14.3. The Morgan fingerprint density at radius 1 is 0.952 bits per heavy atom. The lowest BCUT2D eigenvalue weighted by Crippen LogP contribution is -2.57. The third kappa shape index (κ3) is 2.43. The van der Waals surface area contributed by atoms with Crippen molar-refractivity contribution in [2.75, 3.05) is 6.54 Å². The highest BCUT2D eigenvalue weighted by Gasteiger charge is 2.48. The summed E-state index contributed by atoms with van der Waals surface area (Å²) in [6.07, 6.45) is 10.5. The molecule has 3 aliphatic carbocycles. The van der Waals surface area contributed by atoms with Gasteiger partial charge in [0, 0.05) is 18.1 Å². The van der Waals surface area contributed by atoms with Gasteiger partial charge in [0.2, 0.25) is 0 Å². The second-order valence-corrected chi connectivity index (χ2v) is 7.62.